The Bertz CT molecular complexity index is 1160. The van der Waals surface area contributed by atoms with Crippen molar-refractivity contribution in [2.75, 3.05) is 39.5 Å². The van der Waals surface area contributed by atoms with Crippen LogP contribution in [0.2, 0.25) is 0 Å². The van der Waals surface area contributed by atoms with E-state index in [0.717, 1.165) is 38.6 Å². The molecular weight excluding hydrogens is 350 g/mol. The zero-order valence-corrected chi connectivity index (χ0v) is 16.4. The highest BCUT2D eigenvalue weighted by atomic mass is 16.5. The number of fused-ring (bicyclic) bond motifs is 4. The summed E-state index contributed by atoms with van der Waals surface area (Å²) in [6, 6.07) is 10.8. The second kappa shape index (κ2) is 7.08. The first-order valence-corrected chi connectivity index (χ1v) is 9.91. The Morgan fingerprint density at radius 1 is 1.07 bits per heavy atom. The highest BCUT2D eigenvalue weighted by molar-refractivity contribution is 6.14. The number of nitrogens with zero attached hydrogens (tertiary/aromatic N) is 3. The van der Waals surface area contributed by atoms with E-state index in [1.165, 1.54) is 38.1 Å². The largest absolute Gasteiger partial charge is 0.492 e. The first kappa shape index (κ1) is 17.5. The van der Waals surface area contributed by atoms with Gasteiger partial charge in [0, 0.05) is 61.3 Å². The molecule has 0 unspecified atom stereocenters. The van der Waals surface area contributed by atoms with Gasteiger partial charge in [-0.3, -0.25) is 9.88 Å². The Morgan fingerprint density at radius 2 is 1.93 bits per heavy atom. The van der Waals surface area contributed by atoms with Gasteiger partial charge in [0.15, 0.2) is 0 Å². The molecule has 0 bridgehead atoms. The summed E-state index contributed by atoms with van der Waals surface area (Å²) < 4.78 is 13.8. The van der Waals surface area contributed by atoms with Gasteiger partial charge in [0.05, 0.1) is 24.2 Å². The van der Waals surface area contributed by atoms with Crippen molar-refractivity contribution in [1.29, 1.82) is 0 Å². The second-order valence-electron chi connectivity index (χ2n) is 7.53. The van der Waals surface area contributed by atoms with E-state index in [1.807, 2.05) is 12.4 Å². The predicted octanol–water partition coefficient (Wildman–Crippen LogP) is 3.90. The first-order valence-electron chi connectivity index (χ1n) is 9.91. The van der Waals surface area contributed by atoms with Gasteiger partial charge in [0.25, 0.3) is 0 Å². The number of ether oxygens (including phenoxy) is 2. The van der Waals surface area contributed by atoms with Gasteiger partial charge < -0.3 is 14.0 Å². The summed E-state index contributed by atoms with van der Waals surface area (Å²) >= 11 is 0. The third kappa shape index (κ3) is 2.91. The van der Waals surface area contributed by atoms with E-state index < -0.39 is 0 Å². The van der Waals surface area contributed by atoms with E-state index >= 15 is 0 Å². The van der Waals surface area contributed by atoms with Crippen LogP contribution in [0.5, 0.6) is 5.75 Å². The minimum Gasteiger partial charge on any atom is -0.492 e. The number of benzene rings is 2. The van der Waals surface area contributed by atoms with Crippen molar-refractivity contribution in [3.8, 4) is 5.75 Å². The van der Waals surface area contributed by atoms with Crippen LogP contribution in [-0.2, 0) is 11.8 Å². The molecule has 0 spiro atoms. The maximum Gasteiger partial charge on any atom is 0.121 e. The molecule has 5 heteroatoms. The number of hydrogen-bond donors (Lipinski definition) is 0. The topological polar surface area (TPSA) is 39.5 Å². The fourth-order valence-electron chi connectivity index (χ4n) is 4.40. The molecule has 1 fully saturated rings. The maximum absolute atomic E-state index is 6.07. The van der Waals surface area contributed by atoms with Crippen LogP contribution < -0.4 is 4.74 Å². The number of aromatic nitrogens is 2. The van der Waals surface area contributed by atoms with Gasteiger partial charge in [-0.05, 0) is 42.1 Å². The van der Waals surface area contributed by atoms with Crippen LogP contribution in [0.1, 0.15) is 5.56 Å². The number of hydrogen-bond acceptors (Lipinski definition) is 4. The fraction of sp³-hybridized carbons (Fsp3) is 0.348. The van der Waals surface area contributed by atoms with Crippen LogP contribution >= 0.6 is 0 Å². The van der Waals surface area contributed by atoms with Crippen molar-refractivity contribution in [3.63, 3.8) is 0 Å². The van der Waals surface area contributed by atoms with Crippen LogP contribution in [0.4, 0.5) is 0 Å². The van der Waals surface area contributed by atoms with Gasteiger partial charge in [-0.15, -0.1) is 0 Å². The smallest absolute Gasteiger partial charge is 0.121 e. The molecule has 144 valence electrons. The van der Waals surface area contributed by atoms with Crippen molar-refractivity contribution >= 4 is 32.6 Å². The summed E-state index contributed by atoms with van der Waals surface area (Å²) in [6.07, 6.45) is 3.81. The van der Waals surface area contributed by atoms with E-state index in [4.69, 9.17) is 9.47 Å². The highest BCUT2D eigenvalue weighted by Crippen LogP contribution is 2.35. The van der Waals surface area contributed by atoms with Gasteiger partial charge in [0.1, 0.15) is 12.4 Å². The molecule has 4 aromatic rings. The monoisotopic (exact) mass is 375 g/mol. The van der Waals surface area contributed by atoms with Gasteiger partial charge >= 0.3 is 0 Å². The predicted molar refractivity (Wildman–Crippen MR) is 113 cm³/mol. The molecule has 5 nitrogen and oxygen atoms in total. The van der Waals surface area contributed by atoms with Crippen LogP contribution in [-0.4, -0.2) is 53.9 Å². The Balaban J connectivity index is 1.49. The van der Waals surface area contributed by atoms with Crippen LogP contribution in [0.3, 0.4) is 0 Å². The Kier molecular flexibility index (Phi) is 4.41. The van der Waals surface area contributed by atoms with Gasteiger partial charge in [-0.2, -0.15) is 0 Å². The lowest BCUT2D eigenvalue weighted by molar-refractivity contribution is 0.0322. The van der Waals surface area contributed by atoms with Crippen molar-refractivity contribution in [2.45, 2.75) is 6.92 Å². The van der Waals surface area contributed by atoms with Crippen molar-refractivity contribution in [1.82, 2.24) is 14.5 Å². The number of pyridine rings is 1. The molecule has 3 heterocycles. The molecule has 0 aliphatic carbocycles. The summed E-state index contributed by atoms with van der Waals surface area (Å²) in [6.45, 7) is 7.47. The summed E-state index contributed by atoms with van der Waals surface area (Å²) in [7, 11) is 2.14. The van der Waals surface area contributed by atoms with Crippen molar-refractivity contribution in [2.24, 2.45) is 7.05 Å². The SMILES string of the molecule is Cc1c2ccncc2cc2c3ccc(OCCN4CCOCC4)cc3n(C)c12. The molecule has 2 aromatic carbocycles. The second-order valence-corrected chi connectivity index (χ2v) is 7.53. The van der Waals surface area contributed by atoms with E-state index in [9.17, 15) is 0 Å². The van der Waals surface area contributed by atoms with Crippen molar-refractivity contribution < 1.29 is 9.47 Å². The average Bonchev–Trinajstić information content (AvgIpc) is 3.01. The quantitative estimate of drug-likeness (QED) is 0.542. The van der Waals surface area contributed by atoms with Gasteiger partial charge in [0.2, 0.25) is 0 Å². The standard InChI is InChI=1S/C23H25N3O2/c1-16-19-5-6-24-15-17(19)13-21-20-4-3-18(14-22(20)25(2)23(16)21)28-12-9-26-7-10-27-11-8-26/h3-6,13-15H,7-12H2,1-2H3. The number of morpholine rings is 1. The Labute approximate surface area is 164 Å². The van der Waals surface area contributed by atoms with Crippen LogP contribution in [0, 0.1) is 6.92 Å². The molecule has 0 saturated carbocycles. The van der Waals surface area contributed by atoms with Gasteiger partial charge in [-0.25, -0.2) is 0 Å². The highest BCUT2D eigenvalue weighted by Gasteiger charge is 2.14. The molecule has 0 amide bonds. The number of aryl methyl sites for hydroxylation is 2. The summed E-state index contributed by atoms with van der Waals surface area (Å²) in [5.74, 6) is 0.926. The first-order chi connectivity index (χ1) is 13.7. The molecule has 5 rings (SSSR count). The molecule has 1 aliphatic rings. The van der Waals surface area contributed by atoms with Gasteiger partial charge in [-0.1, -0.05) is 0 Å². The zero-order valence-electron chi connectivity index (χ0n) is 16.4. The van der Waals surface area contributed by atoms with Crippen LogP contribution in [0.25, 0.3) is 32.6 Å². The van der Waals surface area contributed by atoms with E-state index in [0.29, 0.717) is 6.61 Å². The molecule has 0 radical (unpaired) electrons. The molecule has 1 saturated heterocycles. The summed E-state index contributed by atoms with van der Waals surface area (Å²) in [5.41, 5.74) is 3.77. The third-order valence-electron chi connectivity index (χ3n) is 5.90. The fourth-order valence-corrected chi connectivity index (χ4v) is 4.40. The van der Waals surface area contributed by atoms with E-state index in [2.05, 4.69) is 58.8 Å². The molecule has 28 heavy (non-hydrogen) atoms. The minimum atomic E-state index is 0.698. The van der Waals surface area contributed by atoms with E-state index in [-0.39, 0.29) is 0 Å². The lowest BCUT2D eigenvalue weighted by atomic mass is 10.0. The lowest BCUT2D eigenvalue weighted by Gasteiger charge is -2.26. The number of rotatable bonds is 4. The zero-order chi connectivity index (χ0) is 19.1. The normalized spacial score (nSPS) is 15.6. The minimum absolute atomic E-state index is 0.698. The Hall–Kier alpha value is -2.63. The average molecular weight is 375 g/mol. The molecule has 1 aliphatic heterocycles. The summed E-state index contributed by atoms with van der Waals surface area (Å²) in [4.78, 5) is 6.69. The maximum atomic E-state index is 6.07. The van der Waals surface area contributed by atoms with Crippen molar-refractivity contribution in [3.05, 3.63) is 48.3 Å². The molecule has 2 aromatic heterocycles. The van der Waals surface area contributed by atoms with E-state index in [1.54, 1.807) is 0 Å². The summed E-state index contributed by atoms with van der Waals surface area (Å²) in [5, 5.41) is 4.98. The lowest BCUT2D eigenvalue weighted by Crippen LogP contribution is -2.38. The molecular formula is C23H25N3O2. The third-order valence-corrected chi connectivity index (χ3v) is 5.90. The molecule has 0 atom stereocenters. The Morgan fingerprint density at radius 3 is 2.79 bits per heavy atom. The van der Waals surface area contributed by atoms with Crippen LogP contribution in [0.15, 0.2) is 42.7 Å². The molecule has 0 N–H and O–H groups in total.